The Hall–Kier alpha value is -1.27. The molecule has 1 aromatic rings. The number of hydrogen-bond donors (Lipinski definition) is 1. The van der Waals surface area contributed by atoms with Gasteiger partial charge in [0.1, 0.15) is 5.75 Å². The number of hydrogen-bond acceptors (Lipinski definition) is 2. The second kappa shape index (κ2) is 6.34. The largest absolute Gasteiger partial charge is 0.507 e. The highest BCUT2D eigenvalue weighted by atomic mass is 79.9. The Morgan fingerprint density at radius 2 is 2.25 bits per heavy atom. The van der Waals surface area contributed by atoms with Crippen LogP contribution in [0.25, 0.3) is 0 Å². The van der Waals surface area contributed by atoms with Crippen LogP contribution in [-0.2, 0) is 0 Å². The Balaban J connectivity index is 2.99. The molecule has 0 aliphatic heterocycles. The third-order valence-corrected chi connectivity index (χ3v) is 2.47. The molecule has 0 aromatic heterocycles. The van der Waals surface area contributed by atoms with Crippen molar-refractivity contribution in [2.24, 2.45) is 0 Å². The predicted molar refractivity (Wildman–Crippen MR) is 68.0 cm³/mol. The molecule has 0 unspecified atom stereocenters. The second-order valence-corrected chi connectivity index (χ2v) is 4.04. The van der Waals surface area contributed by atoms with Crippen molar-refractivity contribution in [3.8, 4) is 17.6 Å². The van der Waals surface area contributed by atoms with Crippen LogP contribution in [0.2, 0.25) is 0 Å². The molecule has 2 nitrogen and oxygen atoms in total. The first-order chi connectivity index (χ1) is 7.69. The van der Waals surface area contributed by atoms with Gasteiger partial charge in [-0.25, -0.2) is 0 Å². The highest BCUT2D eigenvalue weighted by Crippen LogP contribution is 2.19. The number of phenolic OH excluding ortho intramolecular Hbond substituents is 1. The van der Waals surface area contributed by atoms with E-state index in [0.29, 0.717) is 12.0 Å². The lowest BCUT2D eigenvalue weighted by Gasteiger charge is -2.02. The van der Waals surface area contributed by atoms with Crippen molar-refractivity contribution in [2.45, 2.75) is 19.8 Å². The molecule has 16 heavy (non-hydrogen) atoms. The SMILES string of the molecule is CCC(=O)c1cc(C#CCCBr)ccc1O. The highest BCUT2D eigenvalue weighted by molar-refractivity contribution is 9.09. The van der Waals surface area contributed by atoms with E-state index in [2.05, 4.69) is 27.8 Å². The first-order valence-corrected chi connectivity index (χ1v) is 6.22. The molecule has 84 valence electrons. The van der Waals surface area contributed by atoms with Gasteiger partial charge < -0.3 is 5.11 Å². The number of carbonyl (C=O) groups excluding carboxylic acids is 1. The monoisotopic (exact) mass is 280 g/mol. The van der Waals surface area contributed by atoms with Gasteiger partial charge in [-0.2, -0.15) is 0 Å². The lowest BCUT2D eigenvalue weighted by atomic mass is 10.0. The van der Waals surface area contributed by atoms with Crippen molar-refractivity contribution >= 4 is 21.7 Å². The number of phenols is 1. The Morgan fingerprint density at radius 1 is 1.50 bits per heavy atom. The molecule has 1 N–H and O–H groups in total. The van der Waals surface area contributed by atoms with Crippen LogP contribution in [0.15, 0.2) is 18.2 Å². The van der Waals surface area contributed by atoms with Gasteiger partial charge >= 0.3 is 0 Å². The van der Waals surface area contributed by atoms with E-state index >= 15 is 0 Å². The molecule has 1 rings (SSSR count). The van der Waals surface area contributed by atoms with Gasteiger partial charge in [0.15, 0.2) is 5.78 Å². The summed E-state index contributed by atoms with van der Waals surface area (Å²) >= 11 is 3.29. The number of Topliss-reactive ketones (excluding diaryl/α,β-unsaturated/α-hetero) is 1. The zero-order valence-corrected chi connectivity index (χ0v) is 10.7. The summed E-state index contributed by atoms with van der Waals surface area (Å²) in [7, 11) is 0. The summed E-state index contributed by atoms with van der Waals surface area (Å²) in [6.07, 6.45) is 1.14. The van der Waals surface area contributed by atoms with Gasteiger partial charge in [0.05, 0.1) is 5.56 Å². The van der Waals surface area contributed by atoms with Crippen molar-refractivity contribution in [3.05, 3.63) is 29.3 Å². The number of carbonyl (C=O) groups is 1. The van der Waals surface area contributed by atoms with E-state index in [1.165, 1.54) is 6.07 Å². The van der Waals surface area contributed by atoms with Crippen molar-refractivity contribution < 1.29 is 9.90 Å². The van der Waals surface area contributed by atoms with Gasteiger partial charge in [0.25, 0.3) is 0 Å². The van der Waals surface area contributed by atoms with Crippen LogP contribution in [0.4, 0.5) is 0 Å². The first-order valence-electron chi connectivity index (χ1n) is 5.10. The minimum Gasteiger partial charge on any atom is -0.507 e. The molecule has 0 atom stereocenters. The van der Waals surface area contributed by atoms with Crippen LogP contribution < -0.4 is 0 Å². The maximum atomic E-state index is 11.5. The Bertz CT molecular complexity index is 441. The molecule has 0 saturated carbocycles. The maximum Gasteiger partial charge on any atom is 0.166 e. The van der Waals surface area contributed by atoms with Crippen LogP contribution in [0, 0.1) is 11.8 Å². The van der Waals surface area contributed by atoms with Crippen molar-refractivity contribution in [1.82, 2.24) is 0 Å². The van der Waals surface area contributed by atoms with Crippen molar-refractivity contribution in [1.29, 1.82) is 0 Å². The van der Waals surface area contributed by atoms with Gasteiger partial charge in [0.2, 0.25) is 0 Å². The van der Waals surface area contributed by atoms with Crippen molar-refractivity contribution in [2.75, 3.05) is 5.33 Å². The Kier molecular flexibility index (Phi) is 5.07. The lowest BCUT2D eigenvalue weighted by Crippen LogP contribution is -1.97. The smallest absolute Gasteiger partial charge is 0.166 e. The van der Waals surface area contributed by atoms with Gasteiger partial charge in [-0.1, -0.05) is 34.7 Å². The average Bonchev–Trinajstić information content (AvgIpc) is 2.30. The molecule has 0 spiro atoms. The van der Waals surface area contributed by atoms with Crippen LogP contribution in [0.3, 0.4) is 0 Å². The van der Waals surface area contributed by atoms with E-state index in [9.17, 15) is 9.90 Å². The molecule has 0 aliphatic carbocycles. The number of ketones is 1. The number of aromatic hydroxyl groups is 1. The van der Waals surface area contributed by atoms with E-state index in [4.69, 9.17) is 0 Å². The van der Waals surface area contributed by atoms with E-state index in [1.54, 1.807) is 19.1 Å². The fraction of sp³-hybridized carbons (Fsp3) is 0.308. The summed E-state index contributed by atoms with van der Waals surface area (Å²) in [5.74, 6) is 5.87. The number of alkyl halides is 1. The third-order valence-electron chi connectivity index (χ3n) is 2.07. The molecule has 0 radical (unpaired) electrons. The molecular formula is C13H13BrO2. The van der Waals surface area contributed by atoms with E-state index in [0.717, 1.165) is 17.3 Å². The molecular weight excluding hydrogens is 268 g/mol. The lowest BCUT2D eigenvalue weighted by molar-refractivity contribution is 0.0985. The molecule has 3 heteroatoms. The highest BCUT2D eigenvalue weighted by Gasteiger charge is 2.08. The molecule has 0 aliphatic rings. The zero-order chi connectivity index (χ0) is 12.0. The Labute approximate surface area is 104 Å². The normalized spacial score (nSPS) is 9.38. The summed E-state index contributed by atoms with van der Waals surface area (Å²) in [6, 6.07) is 4.87. The predicted octanol–water partition coefficient (Wildman–Crippen LogP) is 3.12. The van der Waals surface area contributed by atoms with E-state index in [1.807, 2.05) is 0 Å². The molecule has 0 saturated heterocycles. The van der Waals surface area contributed by atoms with Gasteiger partial charge in [-0.3, -0.25) is 4.79 Å². The van der Waals surface area contributed by atoms with Crippen LogP contribution in [0.5, 0.6) is 5.75 Å². The van der Waals surface area contributed by atoms with Crippen LogP contribution >= 0.6 is 15.9 Å². The summed E-state index contributed by atoms with van der Waals surface area (Å²) in [4.78, 5) is 11.5. The summed E-state index contributed by atoms with van der Waals surface area (Å²) in [6.45, 7) is 1.77. The third kappa shape index (κ3) is 3.39. The van der Waals surface area contributed by atoms with Crippen LogP contribution in [-0.4, -0.2) is 16.2 Å². The fourth-order valence-electron chi connectivity index (χ4n) is 1.24. The van der Waals surface area contributed by atoms with Crippen molar-refractivity contribution in [3.63, 3.8) is 0 Å². The minimum absolute atomic E-state index is 0.0258. The molecule has 0 heterocycles. The average molecular weight is 281 g/mol. The number of halogens is 1. The van der Waals surface area contributed by atoms with Gasteiger partial charge in [-0.05, 0) is 18.2 Å². The quantitative estimate of drug-likeness (QED) is 0.525. The van der Waals surface area contributed by atoms with Gasteiger partial charge in [0, 0.05) is 23.7 Å². The van der Waals surface area contributed by atoms with E-state index < -0.39 is 0 Å². The molecule has 1 aromatic carbocycles. The number of rotatable bonds is 3. The first kappa shape index (κ1) is 12.8. The molecule has 0 bridgehead atoms. The summed E-state index contributed by atoms with van der Waals surface area (Å²) in [5.41, 5.74) is 1.11. The Morgan fingerprint density at radius 3 is 2.88 bits per heavy atom. The minimum atomic E-state index is -0.0679. The van der Waals surface area contributed by atoms with E-state index in [-0.39, 0.29) is 11.5 Å². The van der Waals surface area contributed by atoms with Crippen LogP contribution in [0.1, 0.15) is 35.7 Å². The topological polar surface area (TPSA) is 37.3 Å². The van der Waals surface area contributed by atoms with Gasteiger partial charge in [-0.15, -0.1) is 0 Å². The second-order valence-electron chi connectivity index (χ2n) is 3.25. The zero-order valence-electron chi connectivity index (χ0n) is 9.09. The standard InChI is InChI=1S/C13H13BrO2/c1-2-12(15)11-9-10(5-3-4-8-14)6-7-13(11)16/h6-7,9,16H,2,4,8H2,1H3. The molecule has 0 fully saturated rings. The summed E-state index contributed by atoms with van der Waals surface area (Å²) in [5, 5.41) is 10.4. The summed E-state index contributed by atoms with van der Waals surface area (Å²) < 4.78 is 0. The fourth-order valence-corrected chi connectivity index (χ4v) is 1.44. The maximum absolute atomic E-state index is 11.5. The number of benzene rings is 1. The molecule has 0 amide bonds.